The van der Waals surface area contributed by atoms with Gasteiger partial charge in [0, 0.05) is 6.54 Å². The highest BCUT2D eigenvalue weighted by molar-refractivity contribution is 6.39. The Morgan fingerprint density at radius 1 is 1.27 bits per heavy atom. The minimum atomic E-state index is -0.0651. The lowest BCUT2D eigenvalue weighted by atomic mass is 10.1. The standard InChI is InChI=1S/C11H13N3O/c15-11-10(7-4-8-12-11)14-13-9-5-2-1-3-6-9/h1-3,5-6,13H,4,7-8H2,(H,12,15)/b14-10-. The summed E-state index contributed by atoms with van der Waals surface area (Å²) in [6, 6.07) is 9.59. The van der Waals surface area contributed by atoms with Gasteiger partial charge in [-0.25, -0.2) is 0 Å². The van der Waals surface area contributed by atoms with Crippen LogP contribution >= 0.6 is 0 Å². The summed E-state index contributed by atoms with van der Waals surface area (Å²) in [5, 5.41) is 6.85. The fraction of sp³-hybridized carbons (Fsp3) is 0.273. The average Bonchev–Trinajstić information content (AvgIpc) is 2.29. The fourth-order valence-electron chi connectivity index (χ4n) is 1.42. The molecule has 0 saturated carbocycles. The van der Waals surface area contributed by atoms with Gasteiger partial charge in [-0.15, -0.1) is 0 Å². The molecule has 1 aromatic carbocycles. The maximum absolute atomic E-state index is 11.3. The van der Waals surface area contributed by atoms with Gasteiger partial charge < -0.3 is 5.32 Å². The first kappa shape index (κ1) is 9.71. The van der Waals surface area contributed by atoms with E-state index in [1.165, 1.54) is 0 Å². The summed E-state index contributed by atoms with van der Waals surface area (Å²) in [5.74, 6) is -0.0651. The summed E-state index contributed by atoms with van der Waals surface area (Å²) in [6.07, 6.45) is 1.70. The van der Waals surface area contributed by atoms with Crippen LogP contribution in [0.1, 0.15) is 12.8 Å². The van der Waals surface area contributed by atoms with E-state index in [9.17, 15) is 4.79 Å². The number of hydrogen-bond donors (Lipinski definition) is 2. The molecule has 1 fully saturated rings. The second-order valence-corrected chi connectivity index (χ2v) is 3.40. The van der Waals surface area contributed by atoms with Crippen LogP contribution in [0.3, 0.4) is 0 Å². The molecule has 0 radical (unpaired) electrons. The molecule has 4 heteroatoms. The van der Waals surface area contributed by atoms with Gasteiger partial charge in [-0.3, -0.25) is 10.2 Å². The van der Waals surface area contributed by atoms with Gasteiger partial charge in [0.25, 0.3) is 5.91 Å². The molecule has 1 aliphatic rings. The third-order valence-electron chi connectivity index (χ3n) is 2.23. The van der Waals surface area contributed by atoms with Crippen molar-refractivity contribution in [2.75, 3.05) is 12.0 Å². The monoisotopic (exact) mass is 203 g/mol. The maximum Gasteiger partial charge on any atom is 0.267 e. The number of anilines is 1. The van der Waals surface area contributed by atoms with Crippen molar-refractivity contribution >= 4 is 17.3 Å². The van der Waals surface area contributed by atoms with E-state index in [1.54, 1.807) is 0 Å². The Kier molecular flexibility index (Phi) is 2.97. The van der Waals surface area contributed by atoms with Crippen molar-refractivity contribution in [3.05, 3.63) is 30.3 Å². The molecule has 0 spiro atoms. The fourth-order valence-corrected chi connectivity index (χ4v) is 1.42. The first-order chi connectivity index (χ1) is 7.36. The summed E-state index contributed by atoms with van der Waals surface area (Å²) >= 11 is 0. The van der Waals surface area contributed by atoms with Crippen LogP contribution in [0.4, 0.5) is 5.69 Å². The number of rotatable bonds is 2. The molecule has 1 aromatic rings. The summed E-state index contributed by atoms with van der Waals surface area (Å²) in [7, 11) is 0. The highest BCUT2D eigenvalue weighted by Gasteiger charge is 2.15. The third kappa shape index (κ3) is 2.56. The second-order valence-electron chi connectivity index (χ2n) is 3.40. The molecule has 2 N–H and O–H groups in total. The number of nitrogens with one attached hydrogen (secondary N) is 2. The molecule has 1 aliphatic heterocycles. The zero-order chi connectivity index (χ0) is 10.5. The average molecular weight is 203 g/mol. The normalized spacial score (nSPS) is 18.7. The van der Waals surface area contributed by atoms with Crippen molar-refractivity contribution in [3.63, 3.8) is 0 Å². The van der Waals surface area contributed by atoms with Crippen molar-refractivity contribution in [2.24, 2.45) is 5.10 Å². The molecular formula is C11H13N3O. The Labute approximate surface area is 88.4 Å². The zero-order valence-corrected chi connectivity index (χ0v) is 8.36. The molecule has 2 rings (SSSR count). The van der Waals surface area contributed by atoms with Gasteiger partial charge in [-0.1, -0.05) is 18.2 Å². The highest BCUT2D eigenvalue weighted by atomic mass is 16.2. The lowest BCUT2D eigenvalue weighted by Gasteiger charge is -2.13. The van der Waals surface area contributed by atoms with Crippen molar-refractivity contribution in [3.8, 4) is 0 Å². The van der Waals surface area contributed by atoms with Gasteiger partial charge >= 0.3 is 0 Å². The van der Waals surface area contributed by atoms with Crippen LogP contribution in [-0.4, -0.2) is 18.2 Å². The molecule has 78 valence electrons. The van der Waals surface area contributed by atoms with Crippen LogP contribution in [0.2, 0.25) is 0 Å². The second kappa shape index (κ2) is 4.59. The van der Waals surface area contributed by atoms with Gasteiger partial charge in [-0.05, 0) is 25.0 Å². The van der Waals surface area contributed by atoms with E-state index in [0.29, 0.717) is 5.71 Å². The Hall–Kier alpha value is -1.84. The molecule has 1 amide bonds. The first-order valence-electron chi connectivity index (χ1n) is 5.02. The number of piperidine rings is 1. The molecular weight excluding hydrogens is 190 g/mol. The Balaban J connectivity index is 2.01. The summed E-state index contributed by atoms with van der Waals surface area (Å²) in [4.78, 5) is 11.3. The third-order valence-corrected chi connectivity index (χ3v) is 2.23. The molecule has 0 aromatic heterocycles. The minimum absolute atomic E-state index is 0.0651. The lowest BCUT2D eigenvalue weighted by Crippen LogP contribution is -2.37. The molecule has 0 atom stereocenters. The van der Waals surface area contributed by atoms with Crippen LogP contribution < -0.4 is 10.7 Å². The van der Waals surface area contributed by atoms with E-state index >= 15 is 0 Å². The molecule has 1 saturated heterocycles. The Morgan fingerprint density at radius 3 is 2.80 bits per heavy atom. The lowest BCUT2D eigenvalue weighted by molar-refractivity contribution is -0.115. The van der Waals surface area contributed by atoms with Crippen LogP contribution in [-0.2, 0) is 4.79 Å². The molecule has 1 heterocycles. The van der Waals surface area contributed by atoms with Crippen molar-refractivity contribution in [1.29, 1.82) is 0 Å². The van der Waals surface area contributed by atoms with Crippen LogP contribution in [0, 0.1) is 0 Å². The summed E-state index contributed by atoms with van der Waals surface area (Å²) in [5.41, 5.74) is 4.34. The quantitative estimate of drug-likeness (QED) is 0.713. The van der Waals surface area contributed by atoms with Crippen molar-refractivity contribution in [1.82, 2.24) is 5.32 Å². The Bertz CT molecular complexity index is 373. The van der Waals surface area contributed by atoms with Crippen LogP contribution in [0.5, 0.6) is 0 Å². The Morgan fingerprint density at radius 2 is 2.07 bits per heavy atom. The number of para-hydroxylation sites is 1. The molecule has 4 nitrogen and oxygen atoms in total. The largest absolute Gasteiger partial charge is 0.351 e. The minimum Gasteiger partial charge on any atom is -0.351 e. The van der Waals surface area contributed by atoms with E-state index in [-0.39, 0.29) is 5.91 Å². The molecule has 0 unspecified atom stereocenters. The number of amides is 1. The molecule has 0 aliphatic carbocycles. The van der Waals surface area contributed by atoms with Crippen LogP contribution in [0.25, 0.3) is 0 Å². The SMILES string of the molecule is O=C1NCCC/C1=N/Nc1ccccc1. The number of hydrogen-bond acceptors (Lipinski definition) is 3. The van der Waals surface area contributed by atoms with E-state index < -0.39 is 0 Å². The first-order valence-corrected chi connectivity index (χ1v) is 5.02. The van der Waals surface area contributed by atoms with Crippen LogP contribution in [0.15, 0.2) is 35.4 Å². The van der Waals surface area contributed by atoms with Gasteiger partial charge in [0.1, 0.15) is 5.71 Å². The topological polar surface area (TPSA) is 53.5 Å². The zero-order valence-electron chi connectivity index (χ0n) is 8.36. The predicted octanol–water partition coefficient (Wildman–Crippen LogP) is 1.36. The van der Waals surface area contributed by atoms with E-state index in [2.05, 4.69) is 15.8 Å². The van der Waals surface area contributed by atoms with Gasteiger partial charge in [0.05, 0.1) is 5.69 Å². The van der Waals surface area contributed by atoms with E-state index in [0.717, 1.165) is 25.1 Å². The van der Waals surface area contributed by atoms with Gasteiger partial charge in [-0.2, -0.15) is 5.10 Å². The van der Waals surface area contributed by atoms with Gasteiger partial charge in [0.2, 0.25) is 0 Å². The van der Waals surface area contributed by atoms with Gasteiger partial charge in [0.15, 0.2) is 0 Å². The summed E-state index contributed by atoms with van der Waals surface area (Å²) in [6.45, 7) is 0.753. The number of benzene rings is 1. The molecule has 0 bridgehead atoms. The smallest absolute Gasteiger partial charge is 0.267 e. The molecule has 15 heavy (non-hydrogen) atoms. The number of hydrazone groups is 1. The van der Waals surface area contributed by atoms with Crippen molar-refractivity contribution < 1.29 is 4.79 Å². The predicted molar refractivity (Wildman–Crippen MR) is 59.7 cm³/mol. The van der Waals surface area contributed by atoms with E-state index in [4.69, 9.17) is 0 Å². The van der Waals surface area contributed by atoms with E-state index in [1.807, 2.05) is 30.3 Å². The number of carbonyl (C=O) groups excluding carboxylic acids is 1. The van der Waals surface area contributed by atoms with Crippen molar-refractivity contribution in [2.45, 2.75) is 12.8 Å². The maximum atomic E-state index is 11.3. The number of nitrogens with zero attached hydrogens (tertiary/aromatic N) is 1. The number of carbonyl (C=O) groups is 1. The summed E-state index contributed by atoms with van der Waals surface area (Å²) < 4.78 is 0. The highest BCUT2D eigenvalue weighted by Crippen LogP contribution is 2.06.